The van der Waals surface area contributed by atoms with Crippen molar-refractivity contribution in [2.24, 2.45) is 0 Å². The van der Waals surface area contributed by atoms with E-state index >= 15 is 0 Å². The van der Waals surface area contributed by atoms with Crippen LogP contribution in [0, 0.1) is 0 Å². The molecule has 294 valence electrons. The van der Waals surface area contributed by atoms with Gasteiger partial charge in [-0.25, -0.2) is 0 Å². The van der Waals surface area contributed by atoms with Gasteiger partial charge in [0.1, 0.15) is 19.8 Å². The minimum absolute atomic E-state index is 0.0329. The molecule has 0 amide bonds. The molecule has 0 aromatic heterocycles. The van der Waals surface area contributed by atoms with E-state index in [1.165, 1.54) is 57.8 Å². The summed E-state index contributed by atoms with van der Waals surface area (Å²) in [6.45, 7) is 4.15. The Bertz CT molecular complexity index is 918. The van der Waals surface area contributed by atoms with Gasteiger partial charge >= 0.3 is 11.9 Å². The lowest BCUT2D eigenvalue weighted by Crippen LogP contribution is -2.37. The van der Waals surface area contributed by atoms with Crippen molar-refractivity contribution in [3.63, 3.8) is 0 Å². The third-order valence-corrected chi connectivity index (χ3v) is 9.41. The van der Waals surface area contributed by atoms with Gasteiger partial charge in [-0.3, -0.25) is 14.2 Å². The smallest absolute Gasteiger partial charge is 0.306 e. The Labute approximate surface area is 307 Å². The SMILES string of the molecule is CCCC/C=C\CCCCCCCC(=O)OCC(COP(=O)([O-])OCC[N+](C)(C)C)OC(=O)CCCCCCC/C=C\CCCCCCCC. The molecule has 0 aliphatic rings. The number of nitrogens with zero attached hydrogens (tertiary/aromatic N) is 1. The summed E-state index contributed by atoms with van der Waals surface area (Å²) in [7, 11) is 1.15. The van der Waals surface area contributed by atoms with Crippen molar-refractivity contribution in [1.82, 2.24) is 0 Å². The summed E-state index contributed by atoms with van der Waals surface area (Å²) in [4.78, 5) is 37.3. The van der Waals surface area contributed by atoms with Gasteiger partial charge in [0.15, 0.2) is 6.10 Å². The second-order valence-corrected chi connectivity index (χ2v) is 16.1. The molecule has 9 nitrogen and oxygen atoms in total. The molecular weight excluding hydrogens is 653 g/mol. The van der Waals surface area contributed by atoms with Crippen molar-refractivity contribution >= 4 is 19.8 Å². The predicted molar refractivity (Wildman–Crippen MR) is 204 cm³/mol. The zero-order valence-corrected chi connectivity index (χ0v) is 33.7. The normalized spacial score (nSPS) is 14.0. The van der Waals surface area contributed by atoms with E-state index in [1.54, 1.807) is 0 Å². The van der Waals surface area contributed by atoms with Crippen molar-refractivity contribution in [3.05, 3.63) is 24.3 Å². The molecule has 0 aliphatic carbocycles. The van der Waals surface area contributed by atoms with Gasteiger partial charge in [-0.05, 0) is 57.8 Å². The monoisotopic (exact) mass is 730 g/mol. The number of unbranched alkanes of at least 4 members (excludes halogenated alkanes) is 18. The minimum atomic E-state index is -4.62. The zero-order chi connectivity index (χ0) is 37.2. The fourth-order valence-electron chi connectivity index (χ4n) is 5.22. The van der Waals surface area contributed by atoms with Gasteiger partial charge in [-0.15, -0.1) is 0 Å². The Morgan fingerprint density at radius 3 is 1.54 bits per heavy atom. The molecule has 0 saturated heterocycles. The van der Waals surface area contributed by atoms with Crippen LogP contribution in [0.1, 0.15) is 168 Å². The van der Waals surface area contributed by atoms with Gasteiger partial charge < -0.3 is 27.9 Å². The number of carbonyl (C=O) groups is 2. The highest BCUT2D eigenvalue weighted by molar-refractivity contribution is 7.45. The summed E-state index contributed by atoms with van der Waals surface area (Å²) < 4.78 is 33.7. The van der Waals surface area contributed by atoms with Crippen LogP contribution in [0.3, 0.4) is 0 Å². The number of carbonyl (C=O) groups excluding carboxylic acids is 2. The van der Waals surface area contributed by atoms with Gasteiger partial charge in [0.25, 0.3) is 7.82 Å². The Morgan fingerprint density at radius 1 is 0.600 bits per heavy atom. The number of phosphoric ester groups is 1. The largest absolute Gasteiger partial charge is 0.756 e. The van der Waals surface area contributed by atoms with E-state index in [4.69, 9.17) is 18.5 Å². The average molecular weight is 730 g/mol. The first-order valence-electron chi connectivity index (χ1n) is 20.0. The number of ether oxygens (including phenoxy) is 2. The third-order valence-electron chi connectivity index (χ3n) is 8.44. The number of phosphoric acid groups is 1. The topological polar surface area (TPSA) is 111 Å². The molecule has 50 heavy (non-hydrogen) atoms. The van der Waals surface area contributed by atoms with Crippen LogP contribution in [0.5, 0.6) is 0 Å². The average Bonchev–Trinajstić information content (AvgIpc) is 3.06. The summed E-state index contributed by atoms with van der Waals surface area (Å²) in [6, 6.07) is 0. The molecule has 10 heteroatoms. The fourth-order valence-corrected chi connectivity index (χ4v) is 5.95. The molecule has 0 N–H and O–H groups in total. The van der Waals surface area contributed by atoms with Gasteiger partial charge in [0, 0.05) is 12.8 Å². The van der Waals surface area contributed by atoms with Crippen LogP contribution in [0.15, 0.2) is 24.3 Å². The molecule has 0 rings (SSSR count). The Hall–Kier alpha value is -1.51. The third kappa shape index (κ3) is 36.3. The van der Waals surface area contributed by atoms with E-state index in [9.17, 15) is 19.0 Å². The van der Waals surface area contributed by atoms with E-state index in [2.05, 4.69) is 38.2 Å². The molecule has 2 unspecified atom stereocenters. The number of likely N-dealkylation sites (N-methyl/N-ethyl adjacent to an activating group) is 1. The highest BCUT2D eigenvalue weighted by atomic mass is 31.2. The van der Waals surface area contributed by atoms with E-state index in [-0.39, 0.29) is 26.1 Å². The van der Waals surface area contributed by atoms with Crippen molar-refractivity contribution in [2.75, 3.05) is 47.5 Å². The number of allylic oxidation sites excluding steroid dienone is 4. The molecule has 0 bridgehead atoms. The van der Waals surface area contributed by atoms with E-state index in [0.717, 1.165) is 77.0 Å². The lowest BCUT2D eigenvalue weighted by atomic mass is 10.1. The van der Waals surface area contributed by atoms with Crippen LogP contribution in [-0.4, -0.2) is 70.0 Å². The number of esters is 2. The van der Waals surface area contributed by atoms with E-state index < -0.39 is 32.5 Å². The zero-order valence-electron chi connectivity index (χ0n) is 32.8. The summed E-state index contributed by atoms with van der Waals surface area (Å²) in [5.41, 5.74) is 0. The lowest BCUT2D eigenvalue weighted by molar-refractivity contribution is -0.870. The van der Waals surface area contributed by atoms with E-state index in [1.807, 2.05) is 21.1 Å². The summed E-state index contributed by atoms with van der Waals surface area (Å²) >= 11 is 0. The molecule has 2 atom stereocenters. The Morgan fingerprint density at radius 2 is 1.04 bits per heavy atom. The maximum absolute atomic E-state index is 12.6. The van der Waals surface area contributed by atoms with Crippen molar-refractivity contribution in [1.29, 1.82) is 0 Å². The highest BCUT2D eigenvalue weighted by Crippen LogP contribution is 2.38. The standard InChI is InChI=1S/C40H76NO8P/c1-6-8-10-12-14-16-18-19-20-21-23-25-27-29-31-33-40(43)49-38(37-48-50(44,45)47-35-34-41(3,4)5)36-46-39(42)32-30-28-26-24-22-17-15-13-11-9-7-2/h13,15,19-20,38H,6-12,14,16-18,21-37H2,1-5H3/b15-13-,20-19-. The summed E-state index contributed by atoms with van der Waals surface area (Å²) in [6.07, 6.45) is 33.4. The predicted octanol–water partition coefficient (Wildman–Crippen LogP) is 10.2. The molecule has 0 fully saturated rings. The van der Waals surface area contributed by atoms with Crippen LogP contribution < -0.4 is 4.89 Å². The molecule has 0 saturated carbocycles. The molecule has 0 heterocycles. The number of hydrogen-bond donors (Lipinski definition) is 0. The molecule has 0 aliphatic heterocycles. The summed E-state index contributed by atoms with van der Waals surface area (Å²) in [5.74, 6) is -0.856. The van der Waals surface area contributed by atoms with Crippen LogP contribution >= 0.6 is 7.82 Å². The fraction of sp³-hybridized carbons (Fsp3) is 0.850. The second kappa shape index (κ2) is 33.3. The first-order valence-corrected chi connectivity index (χ1v) is 21.5. The van der Waals surface area contributed by atoms with Gasteiger partial charge in [-0.1, -0.05) is 122 Å². The Kier molecular flexibility index (Phi) is 32.3. The Balaban J connectivity index is 4.43. The molecule has 0 aromatic rings. The van der Waals surface area contributed by atoms with Crippen molar-refractivity contribution < 1.29 is 42.1 Å². The highest BCUT2D eigenvalue weighted by Gasteiger charge is 2.21. The molecule has 0 radical (unpaired) electrons. The van der Waals surface area contributed by atoms with Crippen LogP contribution in [0.4, 0.5) is 0 Å². The first kappa shape index (κ1) is 48.5. The van der Waals surface area contributed by atoms with Crippen LogP contribution in [0.25, 0.3) is 0 Å². The molecule has 0 spiro atoms. The second-order valence-electron chi connectivity index (χ2n) is 14.6. The number of quaternary nitrogens is 1. The van der Waals surface area contributed by atoms with E-state index in [0.29, 0.717) is 17.4 Å². The van der Waals surface area contributed by atoms with Gasteiger partial charge in [0.05, 0.1) is 27.7 Å². The molecular formula is C40H76NO8P. The van der Waals surface area contributed by atoms with Crippen LogP contribution in [-0.2, 0) is 32.7 Å². The van der Waals surface area contributed by atoms with Crippen molar-refractivity contribution in [3.8, 4) is 0 Å². The maximum atomic E-state index is 12.6. The quantitative estimate of drug-likeness (QED) is 0.0206. The lowest BCUT2D eigenvalue weighted by Gasteiger charge is -2.28. The minimum Gasteiger partial charge on any atom is -0.756 e. The van der Waals surface area contributed by atoms with Gasteiger partial charge in [0.2, 0.25) is 0 Å². The van der Waals surface area contributed by atoms with Gasteiger partial charge in [-0.2, -0.15) is 0 Å². The number of hydrogen-bond acceptors (Lipinski definition) is 8. The first-order chi connectivity index (χ1) is 24.0. The number of rotatable bonds is 36. The maximum Gasteiger partial charge on any atom is 0.306 e. The van der Waals surface area contributed by atoms with Crippen LogP contribution in [0.2, 0.25) is 0 Å². The molecule has 0 aromatic carbocycles. The summed E-state index contributed by atoms with van der Waals surface area (Å²) in [5, 5.41) is 0. The van der Waals surface area contributed by atoms with Crippen molar-refractivity contribution in [2.45, 2.75) is 174 Å².